The average molecular weight is 223 g/mol. The molecular weight excluding hydrogens is 206 g/mol. The summed E-state index contributed by atoms with van der Waals surface area (Å²) in [6.07, 6.45) is 4.12. The molecular formula is C11H17N3O2. The van der Waals surface area contributed by atoms with Crippen molar-refractivity contribution >= 4 is 0 Å². The number of nitrogens with zero attached hydrogens (tertiary/aromatic N) is 2. The second-order valence-corrected chi connectivity index (χ2v) is 4.82. The Hall–Kier alpha value is -0.940. The van der Waals surface area contributed by atoms with E-state index >= 15 is 0 Å². The maximum absolute atomic E-state index is 5.88. The Balaban J connectivity index is 1.72. The third-order valence-corrected chi connectivity index (χ3v) is 3.57. The summed E-state index contributed by atoms with van der Waals surface area (Å²) < 4.78 is 10.7. The lowest BCUT2D eigenvalue weighted by molar-refractivity contribution is 0.192. The van der Waals surface area contributed by atoms with Crippen molar-refractivity contribution in [1.29, 1.82) is 0 Å². The zero-order valence-corrected chi connectivity index (χ0v) is 9.26. The van der Waals surface area contributed by atoms with E-state index in [1.807, 2.05) is 0 Å². The first-order valence-electron chi connectivity index (χ1n) is 6.00. The van der Waals surface area contributed by atoms with Crippen LogP contribution in [0.25, 0.3) is 0 Å². The zero-order chi connectivity index (χ0) is 11.0. The standard InChI is InChI=1S/C11H17N3O2/c12-9-2-1-7(5-9)11-13-10(14-16-11)8-3-4-15-6-8/h7-9H,1-6,12H2. The number of hydrogen-bond donors (Lipinski definition) is 1. The van der Waals surface area contributed by atoms with Crippen LogP contribution in [0.4, 0.5) is 0 Å². The molecule has 88 valence electrons. The molecule has 5 heteroatoms. The first kappa shape index (κ1) is 10.2. The Morgan fingerprint density at radius 1 is 1.19 bits per heavy atom. The van der Waals surface area contributed by atoms with Gasteiger partial charge in [0, 0.05) is 24.5 Å². The molecule has 1 saturated heterocycles. The molecule has 1 aliphatic carbocycles. The molecule has 3 rings (SSSR count). The molecule has 1 saturated carbocycles. The van der Waals surface area contributed by atoms with Crippen LogP contribution >= 0.6 is 0 Å². The summed E-state index contributed by atoms with van der Waals surface area (Å²) in [5.41, 5.74) is 5.88. The lowest BCUT2D eigenvalue weighted by atomic mass is 10.1. The summed E-state index contributed by atoms with van der Waals surface area (Å²) in [7, 11) is 0. The minimum absolute atomic E-state index is 0.301. The van der Waals surface area contributed by atoms with Crippen molar-refractivity contribution in [2.75, 3.05) is 13.2 Å². The minimum atomic E-state index is 0.301. The van der Waals surface area contributed by atoms with Gasteiger partial charge in [0.2, 0.25) is 5.89 Å². The maximum Gasteiger partial charge on any atom is 0.229 e. The molecule has 5 nitrogen and oxygen atoms in total. The predicted molar refractivity (Wildman–Crippen MR) is 57.0 cm³/mol. The first-order valence-corrected chi connectivity index (χ1v) is 6.00. The lowest BCUT2D eigenvalue weighted by Gasteiger charge is -2.02. The normalized spacial score (nSPS) is 34.7. The van der Waals surface area contributed by atoms with Gasteiger partial charge in [0.05, 0.1) is 6.61 Å². The Morgan fingerprint density at radius 3 is 2.81 bits per heavy atom. The molecule has 16 heavy (non-hydrogen) atoms. The molecule has 0 aromatic carbocycles. The van der Waals surface area contributed by atoms with Gasteiger partial charge in [-0.1, -0.05) is 5.16 Å². The van der Waals surface area contributed by atoms with Gasteiger partial charge in [0.25, 0.3) is 0 Å². The van der Waals surface area contributed by atoms with Gasteiger partial charge in [-0.25, -0.2) is 0 Å². The molecule has 2 heterocycles. The highest BCUT2D eigenvalue weighted by Gasteiger charge is 2.30. The van der Waals surface area contributed by atoms with Crippen molar-refractivity contribution < 1.29 is 9.26 Å². The van der Waals surface area contributed by atoms with Gasteiger partial charge in [-0.2, -0.15) is 4.98 Å². The molecule has 1 aliphatic heterocycles. The van der Waals surface area contributed by atoms with Crippen molar-refractivity contribution in [1.82, 2.24) is 10.1 Å². The monoisotopic (exact) mass is 223 g/mol. The molecule has 1 aromatic heterocycles. The van der Waals surface area contributed by atoms with Crippen LogP contribution in [0.15, 0.2) is 4.52 Å². The van der Waals surface area contributed by atoms with Crippen LogP contribution in [0, 0.1) is 0 Å². The van der Waals surface area contributed by atoms with Crippen LogP contribution in [0.2, 0.25) is 0 Å². The molecule has 0 radical (unpaired) electrons. The largest absolute Gasteiger partial charge is 0.381 e. The summed E-state index contributed by atoms with van der Waals surface area (Å²) in [5.74, 6) is 2.29. The van der Waals surface area contributed by atoms with Crippen LogP contribution in [0.1, 0.15) is 49.2 Å². The fourth-order valence-corrected chi connectivity index (χ4v) is 2.56. The van der Waals surface area contributed by atoms with E-state index in [4.69, 9.17) is 15.0 Å². The Morgan fingerprint density at radius 2 is 2.12 bits per heavy atom. The first-order chi connectivity index (χ1) is 7.83. The zero-order valence-electron chi connectivity index (χ0n) is 9.26. The second kappa shape index (κ2) is 4.14. The van der Waals surface area contributed by atoms with E-state index in [0.717, 1.165) is 50.6 Å². The van der Waals surface area contributed by atoms with Gasteiger partial charge in [-0.15, -0.1) is 0 Å². The van der Waals surface area contributed by atoms with Gasteiger partial charge < -0.3 is 15.0 Å². The lowest BCUT2D eigenvalue weighted by Crippen LogP contribution is -2.14. The summed E-state index contributed by atoms with van der Waals surface area (Å²) in [5, 5.41) is 4.06. The molecule has 2 N–H and O–H groups in total. The summed E-state index contributed by atoms with van der Waals surface area (Å²) in [6, 6.07) is 0.301. The fourth-order valence-electron chi connectivity index (χ4n) is 2.56. The molecule has 0 spiro atoms. The van der Waals surface area contributed by atoms with Gasteiger partial charge in [0.1, 0.15) is 0 Å². The Labute approximate surface area is 94.3 Å². The smallest absolute Gasteiger partial charge is 0.229 e. The van der Waals surface area contributed by atoms with Crippen molar-refractivity contribution in [3.05, 3.63) is 11.7 Å². The molecule has 2 fully saturated rings. The van der Waals surface area contributed by atoms with Gasteiger partial charge >= 0.3 is 0 Å². The van der Waals surface area contributed by atoms with E-state index in [1.54, 1.807) is 0 Å². The molecule has 3 unspecified atom stereocenters. The number of hydrogen-bond acceptors (Lipinski definition) is 5. The van der Waals surface area contributed by atoms with Gasteiger partial charge in [0.15, 0.2) is 5.82 Å². The highest BCUT2D eigenvalue weighted by molar-refractivity contribution is 5.03. The molecule has 0 amide bonds. The van der Waals surface area contributed by atoms with Gasteiger partial charge in [-0.05, 0) is 25.7 Å². The quantitative estimate of drug-likeness (QED) is 0.814. The number of rotatable bonds is 2. The molecule has 1 aromatic rings. The van der Waals surface area contributed by atoms with Crippen LogP contribution in [0.5, 0.6) is 0 Å². The van der Waals surface area contributed by atoms with E-state index in [-0.39, 0.29) is 0 Å². The number of ether oxygens (including phenoxy) is 1. The maximum atomic E-state index is 5.88. The van der Waals surface area contributed by atoms with Crippen molar-refractivity contribution in [2.24, 2.45) is 5.73 Å². The highest BCUT2D eigenvalue weighted by atomic mass is 16.5. The summed E-state index contributed by atoms with van der Waals surface area (Å²) >= 11 is 0. The predicted octanol–water partition coefficient (Wildman–Crippen LogP) is 1.17. The average Bonchev–Trinajstić information content (AvgIpc) is 2.97. The van der Waals surface area contributed by atoms with E-state index in [9.17, 15) is 0 Å². The fraction of sp³-hybridized carbons (Fsp3) is 0.818. The number of nitrogens with two attached hydrogens (primary N) is 1. The molecule has 2 aliphatic rings. The third kappa shape index (κ3) is 1.85. The highest BCUT2D eigenvalue weighted by Crippen LogP contribution is 2.33. The number of aromatic nitrogens is 2. The van der Waals surface area contributed by atoms with E-state index in [0.29, 0.717) is 17.9 Å². The second-order valence-electron chi connectivity index (χ2n) is 4.82. The van der Waals surface area contributed by atoms with E-state index in [2.05, 4.69) is 10.1 Å². The van der Waals surface area contributed by atoms with Gasteiger partial charge in [-0.3, -0.25) is 0 Å². The van der Waals surface area contributed by atoms with Crippen molar-refractivity contribution in [2.45, 2.75) is 43.6 Å². The van der Waals surface area contributed by atoms with Crippen LogP contribution < -0.4 is 5.73 Å². The summed E-state index contributed by atoms with van der Waals surface area (Å²) in [4.78, 5) is 4.50. The Kier molecular flexibility index (Phi) is 2.65. The van der Waals surface area contributed by atoms with Crippen LogP contribution in [-0.2, 0) is 4.74 Å². The molecule has 3 atom stereocenters. The SMILES string of the molecule is NC1CCC(c2nc(C3CCOC3)no2)C1. The van der Waals surface area contributed by atoms with Crippen molar-refractivity contribution in [3.63, 3.8) is 0 Å². The van der Waals surface area contributed by atoms with E-state index < -0.39 is 0 Å². The summed E-state index contributed by atoms with van der Waals surface area (Å²) in [6.45, 7) is 1.53. The van der Waals surface area contributed by atoms with Crippen LogP contribution in [-0.4, -0.2) is 29.4 Å². The topological polar surface area (TPSA) is 74.2 Å². The van der Waals surface area contributed by atoms with E-state index in [1.165, 1.54) is 0 Å². The molecule has 0 bridgehead atoms. The third-order valence-electron chi connectivity index (χ3n) is 3.57. The van der Waals surface area contributed by atoms with Crippen LogP contribution in [0.3, 0.4) is 0 Å². The Bertz CT molecular complexity index is 360. The minimum Gasteiger partial charge on any atom is -0.381 e. The van der Waals surface area contributed by atoms with Crippen molar-refractivity contribution in [3.8, 4) is 0 Å².